The molecular formula is C10H10O5. The average molecular weight is 210 g/mol. The molecule has 0 saturated carbocycles. The molecule has 0 aliphatic carbocycles. The molecule has 0 bridgehead atoms. The summed E-state index contributed by atoms with van der Waals surface area (Å²) in [6.45, 7) is 1.75. The molecule has 1 aromatic heterocycles. The molecular weight excluding hydrogens is 200 g/mol. The molecule has 5 heteroatoms. The van der Waals surface area contributed by atoms with E-state index in [0.29, 0.717) is 11.5 Å². The minimum Gasteiger partial charge on any atom is -0.481 e. The number of cyclic esters (lactones) is 1. The van der Waals surface area contributed by atoms with Crippen LogP contribution in [0.15, 0.2) is 16.5 Å². The minimum atomic E-state index is -1.04. The number of carbonyl (C=O) groups is 2. The molecule has 2 atom stereocenters. The average Bonchev–Trinajstić information content (AvgIpc) is 2.71. The van der Waals surface area contributed by atoms with Crippen molar-refractivity contribution in [1.82, 2.24) is 0 Å². The molecule has 2 heterocycles. The van der Waals surface area contributed by atoms with Crippen LogP contribution in [0, 0.1) is 12.8 Å². The van der Waals surface area contributed by atoms with E-state index in [4.69, 9.17) is 14.3 Å². The number of hydrogen-bond donors (Lipinski definition) is 1. The topological polar surface area (TPSA) is 76.7 Å². The molecule has 2 rings (SSSR count). The lowest BCUT2D eigenvalue weighted by Gasteiger charge is -2.10. The second kappa shape index (κ2) is 3.42. The van der Waals surface area contributed by atoms with Crippen LogP contribution in [0.2, 0.25) is 0 Å². The van der Waals surface area contributed by atoms with Crippen molar-refractivity contribution in [2.24, 2.45) is 5.92 Å². The van der Waals surface area contributed by atoms with E-state index in [-0.39, 0.29) is 6.42 Å². The Balaban J connectivity index is 2.27. The first-order valence-electron chi connectivity index (χ1n) is 4.56. The van der Waals surface area contributed by atoms with Crippen molar-refractivity contribution < 1.29 is 23.8 Å². The van der Waals surface area contributed by atoms with Gasteiger partial charge in [0, 0.05) is 0 Å². The van der Waals surface area contributed by atoms with Crippen molar-refractivity contribution in [1.29, 1.82) is 0 Å². The second-order valence-electron chi connectivity index (χ2n) is 3.51. The largest absolute Gasteiger partial charge is 0.481 e. The minimum absolute atomic E-state index is 0.0975. The van der Waals surface area contributed by atoms with Crippen molar-refractivity contribution in [3.8, 4) is 0 Å². The Labute approximate surface area is 85.6 Å². The van der Waals surface area contributed by atoms with Crippen LogP contribution in [0.3, 0.4) is 0 Å². The molecule has 1 fully saturated rings. The number of aliphatic carboxylic acids is 1. The van der Waals surface area contributed by atoms with Crippen LogP contribution in [-0.4, -0.2) is 17.0 Å². The maximum atomic E-state index is 11.0. The lowest BCUT2D eigenvalue weighted by Crippen LogP contribution is -2.17. The van der Waals surface area contributed by atoms with Gasteiger partial charge < -0.3 is 14.3 Å². The summed E-state index contributed by atoms with van der Waals surface area (Å²) < 4.78 is 10.2. The van der Waals surface area contributed by atoms with Gasteiger partial charge in [-0.2, -0.15) is 0 Å². The SMILES string of the molecule is Cc1ccc([C@H]2OC(=O)C[C@H]2C(=O)O)o1. The van der Waals surface area contributed by atoms with E-state index < -0.39 is 24.0 Å². The molecule has 80 valence electrons. The van der Waals surface area contributed by atoms with Gasteiger partial charge in [-0.1, -0.05) is 0 Å². The van der Waals surface area contributed by atoms with Crippen LogP contribution in [0.25, 0.3) is 0 Å². The van der Waals surface area contributed by atoms with Gasteiger partial charge >= 0.3 is 11.9 Å². The summed E-state index contributed by atoms with van der Waals surface area (Å²) in [6.07, 6.45) is -0.886. The van der Waals surface area contributed by atoms with E-state index in [2.05, 4.69) is 0 Å². The quantitative estimate of drug-likeness (QED) is 0.744. The van der Waals surface area contributed by atoms with Crippen molar-refractivity contribution in [3.05, 3.63) is 23.7 Å². The van der Waals surface area contributed by atoms with Crippen LogP contribution in [0.5, 0.6) is 0 Å². The number of carboxylic acid groups (broad SMARTS) is 1. The zero-order chi connectivity index (χ0) is 11.0. The van der Waals surface area contributed by atoms with E-state index in [9.17, 15) is 9.59 Å². The number of rotatable bonds is 2. The van der Waals surface area contributed by atoms with Gasteiger partial charge in [0.2, 0.25) is 0 Å². The van der Waals surface area contributed by atoms with Gasteiger partial charge in [0.15, 0.2) is 6.10 Å². The molecule has 0 unspecified atom stereocenters. The van der Waals surface area contributed by atoms with E-state index in [1.807, 2.05) is 0 Å². The van der Waals surface area contributed by atoms with Crippen molar-refractivity contribution in [2.75, 3.05) is 0 Å². The molecule has 1 aliphatic heterocycles. The second-order valence-corrected chi connectivity index (χ2v) is 3.51. The molecule has 0 radical (unpaired) electrons. The zero-order valence-corrected chi connectivity index (χ0v) is 8.10. The molecule has 1 saturated heterocycles. The first-order valence-corrected chi connectivity index (χ1v) is 4.56. The van der Waals surface area contributed by atoms with Gasteiger partial charge in [-0.3, -0.25) is 9.59 Å². The van der Waals surface area contributed by atoms with E-state index >= 15 is 0 Å². The monoisotopic (exact) mass is 210 g/mol. The normalized spacial score (nSPS) is 25.3. The Hall–Kier alpha value is -1.78. The number of esters is 1. The molecule has 0 aromatic carbocycles. The van der Waals surface area contributed by atoms with Gasteiger partial charge in [-0.25, -0.2) is 0 Å². The van der Waals surface area contributed by atoms with E-state index in [1.54, 1.807) is 19.1 Å². The van der Waals surface area contributed by atoms with Crippen LogP contribution in [0.4, 0.5) is 0 Å². The fourth-order valence-electron chi connectivity index (χ4n) is 1.64. The summed E-state index contributed by atoms with van der Waals surface area (Å²) in [5, 5.41) is 8.90. The zero-order valence-electron chi connectivity index (χ0n) is 8.10. The Morgan fingerprint density at radius 1 is 1.53 bits per heavy atom. The number of furan rings is 1. The highest BCUT2D eigenvalue weighted by atomic mass is 16.6. The van der Waals surface area contributed by atoms with Crippen molar-refractivity contribution in [3.63, 3.8) is 0 Å². The predicted octanol–water partition coefficient (Wildman–Crippen LogP) is 1.28. The molecule has 1 aliphatic rings. The van der Waals surface area contributed by atoms with Crippen molar-refractivity contribution >= 4 is 11.9 Å². The summed E-state index contributed by atoms with van der Waals surface area (Å²) in [7, 11) is 0. The van der Waals surface area contributed by atoms with Crippen LogP contribution < -0.4 is 0 Å². The summed E-state index contributed by atoms with van der Waals surface area (Å²) in [4.78, 5) is 21.9. The summed E-state index contributed by atoms with van der Waals surface area (Å²) in [6, 6.07) is 3.34. The Kier molecular flexibility index (Phi) is 2.22. The van der Waals surface area contributed by atoms with E-state index in [0.717, 1.165) is 0 Å². The Morgan fingerprint density at radius 2 is 2.27 bits per heavy atom. The smallest absolute Gasteiger partial charge is 0.311 e. The standard InChI is InChI=1S/C10H10O5/c1-5-2-3-7(14-5)9-6(10(12)13)4-8(11)15-9/h2-3,6,9H,4H2,1H3,(H,12,13)/t6-,9+/m1/s1. The van der Waals surface area contributed by atoms with Gasteiger partial charge in [-0.15, -0.1) is 0 Å². The highest BCUT2D eigenvalue weighted by Crippen LogP contribution is 2.36. The van der Waals surface area contributed by atoms with Crippen molar-refractivity contribution in [2.45, 2.75) is 19.4 Å². The number of hydrogen-bond acceptors (Lipinski definition) is 4. The van der Waals surface area contributed by atoms with Gasteiger partial charge in [0.1, 0.15) is 17.4 Å². The van der Waals surface area contributed by atoms with Crippen LogP contribution in [0.1, 0.15) is 24.0 Å². The number of aryl methyl sites for hydroxylation is 1. The van der Waals surface area contributed by atoms with Crippen LogP contribution >= 0.6 is 0 Å². The summed E-state index contributed by atoms with van der Waals surface area (Å²) >= 11 is 0. The highest BCUT2D eigenvalue weighted by molar-refractivity contribution is 5.82. The Morgan fingerprint density at radius 3 is 2.80 bits per heavy atom. The number of carboxylic acids is 1. The predicted molar refractivity (Wildman–Crippen MR) is 48.0 cm³/mol. The third-order valence-electron chi connectivity index (χ3n) is 2.37. The lowest BCUT2D eigenvalue weighted by molar-refractivity contribution is -0.145. The van der Waals surface area contributed by atoms with Gasteiger partial charge in [0.25, 0.3) is 0 Å². The molecule has 1 N–H and O–H groups in total. The molecule has 0 amide bonds. The number of ether oxygens (including phenoxy) is 1. The van der Waals surface area contributed by atoms with Crippen LogP contribution in [-0.2, 0) is 14.3 Å². The summed E-state index contributed by atoms with van der Waals surface area (Å²) in [5.74, 6) is -1.33. The van der Waals surface area contributed by atoms with Gasteiger partial charge in [0.05, 0.1) is 6.42 Å². The van der Waals surface area contributed by atoms with E-state index in [1.165, 1.54) is 0 Å². The van der Waals surface area contributed by atoms with Gasteiger partial charge in [-0.05, 0) is 19.1 Å². The molecule has 5 nitrogen and oxygen atoms in total. The highest BCUT2D eigenvalue weighted by Gasteiger charge is 2.42. The first-order chi connectivity index (χ1) is 7.08. The number of carbonyl (C=O) groups excluding carboxylic acids is 1. The fourth-order valence-corrected chi connectivity index (χ4v) is 1.64. The Bertz CT molecular complexity index is 406. The fraction of sp³-hybridized carbons (Fsp3) is 0.400. The molecule has 15 heavy (non-hydrogen) atoms. The summed E-state index contributed by atoms with van der Waals surface area (Å²) in [5.41, 5.74) is 0. The first kappa shape index (κ1) is 9.76. The lowest BCUT2D eigenvalue weighted by atomic mass is 10.00. The maximum absolute atomic E-state index is 11.0. The third kappa shape index (κ3) is 1.72. The maximum Gasteiger partial charge on any atom is 0.311 e. The third-order valence-corrected chi connectivity index (χ3v) is 2.37. The molecule has 1 aromatic rings. The molecule has 0 spiro atoms.